The van der Waals surface area contributed by atoms with E-state index < -0.39 is 16.4 Å². The van der Waals surface area contributed by atoms with Gasteiger partial charge in [0.05, 0.1) is 15.9 Å². The Balaban J connectivity index is 1.65. The van der Waals surface area contributed by atoms with Crippen molar-refractivity contribution in [1.82, 2.24) is 9.97 Å². The van der Waals surface area contributed by atoms with Crippen LogP contribution in [0.5, 0.6) is 0 Å². The van der Waals surface area contributed by atoms with Gasteiger partial charge in [-0.15, -0.1) is 0 Å². The molecule has 0 saturated heterocycles. The normalized spacial score (nSPS) is 12.3. The third-order valence-electron chi connectivity index (χ3n) is 4.63. The molecular formula is C22H17F2N3O2S. The van der Waals surface area contributed by atoms with Gasteiger partial charge in [0.15, 0.2) is 0 Å². The van der Waals surface area contributed by atoms with Gasteiger partial charge in [-0.3, -0.25) is 0 Å². The molecular weight excluding hydrogens is 408 g/mol. The molecule has 3 aromatic carbocycles. The fourth-order valence-corrected chi connectivity index (χ4v) is 3.91. The highest BCUT2D eigenvalue weighted by molar-refractivity contribution is 7.89. The minimum atomic E-state index is -3.86. The van der Waals surface area contributed by atoms with Crippen LogP contribution in [0.15, 0.2) is 71.6 Å². The van der Waals surface area contributed by atoms with E-state index in [1.54, 1.807) is 54.6 Å². The molecule has 3 N–H and O–H groups in total. The summed E-state index contributed by atoms with van der Waals surface area (Å²) in [6.45, 7) is 0. The summed E-state index contributed by atoms with van der Waals surface area (Å²) < 4.78 is 49.0. The summed E-state index contributed by atoms with van der Waals surface area (Å²) in [5, 5.41) is 5.33. The topological polar surface area (TPSA) is 88.8 Å². The first kappa shape index (κ1) is 19.9. The molecule has 5 nitrogen and oxygen atoms in total. The average Bonchev–Trinajstić information content (AvgIpc) is 3.14. The quantitative estimate of drug-likeness (QED) is 0.472. The number of aromatic amines is 1. The van der Waals surface area contributed by atoms with E-state index in [1.165, 1.54) is 18.2 Å². The van der Waals surface area contributed by atoms with Gasteiger partial charge in [0.25, 0.3) is 6.43 Å². The number of halogens is 2. The average molecular weight is 425 g/mol. The van der Waals surface area contributed by atoms with Crippen molar-refractivity contribution in [2.75, 3.05) is 0 Å². The van der Waals surface area contributed by atoms with E-state index in [0.717, 1.165) is 11.1 Å². The number of imidazole rings is 1. The molecule has 0 aliphatic carbocycles. The number of aromatic nitrogens is 2. The first-order valence-corrected chi connectivity index (χ1v) is 10.5. The summed E-state index contributed by atoms with van der Waals surface area (Å²) >= 11 is 0. The van der Waals surface area contributed by atoms with Crippen molar-refractivity contribution < 1.29 is 17.2 Å². The Bertz CT molecular complexity index is 1340. The lowest BCUT2D eigenvalue weighted by molar-refractivity contribution is 0.151. The molecule has 8 heteroatoms. The number of nitrogens with zero attached hydrogens (tertiary/aromatic N) is 1. The molecule has 4 rings (SSSR count). The van der Waals surface area contributed by atoms with Gasteiger partial charge in [0.2, 0.25) is 10.0 Å². The predicted octanol–water partition coefficient (Wildman–Crippen LogP) is 4.99. The lowest BCUT2D eigenvalue weighted by Crippen LogP contribution is -2.13. The molecule has 0 aliphatic heterocycles. The van der Waals surface area contributed by atoms with Gasteiger partial charge >= 0.3 is 0 Å². The van der Waals surface area contributed by atoms with E-state index in [2.05, 4.69) is 9.97 Å². The number of rotatable bonds is 5. The minimum absolute atomic E-state index is 0.0248. The lowest BCUT2D eigenvalue weighted by atomic mass is 10.1. The van der Waals surface area contributed by atoms with Crippen molar-refractivity contribution >= 4 is 33.2 Å². The molecule has 0 radical (unpaired) electrons. The third kappa shape index (κ3) is 4.14. The maximum Gasteiger partial charge on any atom is 0.263 e. The second-order valence-corrected chi connectivity index (χ2v) is 8.23. The van der Waals surface area contributed by atoms with Gasteiger partial charge in [0.1, 0.15) is 5.82 Å². The van der Waals surface area contributed by atoms with E-state index in [0.29, 0.717) is 22.5 Å². The summed E-state index contributed by atoms with van der Waals surface area (Å²) in [6.07, 6.45) is 1.02. The monoisotopic (exact) mass is 425 g/mol. The molecule has 0 bridgehead atoms. The molecule has 1 aromatic heterocycles. The summed E-state index contributed by atoms with van der Waals surface area (Å²) in [5.74, 6) is 0.583. The molecule has 1 heterocycles. The van der Waals surface area contributed by atoms with Crippen molar-refractivity contribution in [1.29, 1.82) is 0 Å². The number of benzene rings is 3. The van der Waals surface area contributed by atoms with Crippen LogP contribution in [-0.2, 0) is 10.0 Å². The zero-order chi connectivity index (χ0) is 21.3. The van der Waals surface area contributed by atoms with Crippen LogP contribution in [0.3, 0.4) is 0 Å². The number of hydrogen-bond acceptors (Lipinski definition) is 3. The van der Waals surface area contributed by atoms with Gasteiger partial charge in [-0.25, -0.2) is 27.3 Å². The van der Waals surface area contributed by atoms with Gasteiger partial charge in [-0.05, 0) is 35.4 Å². The minimum Gasteiger partial charge on any atom is -0.338 e. The molecule has 0 saturated carbocycles. The number of primary sulfonamides is 1. The highest BCUT2D eigenvalue weighted by Gasteiger charge is 2.15. The lowest BCUT2D eigenvalue weighted by Gasteiger charge is -2.07. The molecule has 4 aromatic rings. The largest absolute Gasteiger partial charge is 0.338 e. The van der Waals surface area contributed by atoms with Crippen LogP contribution in [0.4, 0.5) is 8.78 Å². The van der Waals surface area contributed by atoms with Gasteiger partial charge in [-0.2, -0.15) is 0 Å². The summed E-state index contributed by atoms with van der Waals surface area (Å²) in [7, 11) is -3.86. The Morgan fingerprint density at radius 3 is 2.40 bits per heavy atom. The maximum atomic E-state index is 12.6. The number of fused-ring (bicyclic) bond motifs is 1. The van der Waals surface area contributed by atoms with Crippen molar-refractivity contribution in [2.24, 2.45) is 5.14 Å². The second kappa shape index (κ2) is 7.81. The summed E-state index contributed by atoms with van der Waals surface area (Å²) in [4.78, 5) is 7.72. The van der Waals surface area contributed by atoms with Crippen LogP contribution in [0, 0.1) is 0 Å². The van der Waals surface area contributed by atoms with Crippen LogP contribution in [0.2, 0.25) is 0 Å². The van der Waals surface area contributed by atoms with Crippen molar-refractivity contribution in [3.8, 4) is 11.1 Å². The van der Waals surface area contributed by atoms with Gasteiger partial charge in [-0.1, -0.05) is 54.6 Å². The van der Waals surface area contributed by atoms with Crippen molar-refractivity contribution in [2.45, 2.75) is 11.3 Å². The molecule has 0 spiro atoms. The molecule has 30 heavy (non-hydrogen) atoms. The second-order valence-electron chi connectivity index (χ2n) is 6.70. The zero-order valence-electron chi connectivity index (χ0n) is 15.6. The molecule has 0 atom stereocenters. The van der Waals surface area contributed by atoms with E-state index >= 15 is 0 Å². The standard InChI is InChI=1S/C22H17F2N3O2S/c23-22(24)15-8-5-14(6-9-15)7-12-21-26-18-11-10-16(13-19(18)27-21)17-3-1-2-4-20(17)30(25,28)29/h1-13,22H,(H,26,27)(H2,25,28,29)/b12-7+. The van der Waals surface area contributed by atoms with Crippen molar-refractivity contribution in [3.05, 3.63) is 83.7 Å². The first-order valence-electron chi connectivity index (χ1n) is 8.99. The third-order valence-corrected chi connectivity index (χ3v) is 5.60. The Morgan fingerprint density at radius 2 is 1.70 bits per heavy atom. The maximum absolute atomic E-state index is 12.6. The number of nitrogens with one attached hydrogen (secondary N) is 1. The van der Waals surface area contributed by atoms with Crippen LogP contribution in [0.1, 0.15) is 23.4 Å². The van der Waals surface area contributed by atoms with Crippen LogP contribution in [0.25, 0.3) is 34.3 Å². The Labute approximate surface area is 171 Å². The van der Waals surface area contributed by atoms with Crippen molar-refractivity contribution in [3.63, 3.8) is 0 Å². The predicted molar refractivity (Wildman–Crippen MR) is 113 cm³/mol. The fraction of sp³-hybridized carbons (Fsp3) is 0.0455. The van der Waals surface area contributed by atoms with Gasteiger partial charge in [0, 0.05) is 11.1 Å². The Kier molecular flexibility index (Phi) is 5.19. The highest BCUT2D eigenvalue weighted by atomic mass is 32.2. The van der Waals surface area contributed by atoms with E-state index in [4.69, 9.17) is 5.14 Å². The number of hydrogen-bond donors (Lipinski definition) is 2. The first-order chi connectivity index (χ1) is 14.3. The summed E-state index contributed by atoms with van der Waals surface area (Å²) in [6, 6.07) is 17.9. The van der Waals surface area contributed by atoms with Crippen LogP contribution < -0.4 is 5.14 Å². The molecule has 0 amide bonds. The number of nitrogens with two attached hydrogens (primary N) is 1. The van der Waals surface area contributed by atoms with E-state index in [1.807, 2.05) is 6.07 Å². The Hall–Kier alpha value is -3.36. The smallest absolute Gasteiger partial charge is 0.263 e. The number of alkyl halides is 2. The van der Waals surface area contributed by atoms with Crippen LogP contribution in [-0.4, -0.2) is 18.4 Å². The van der Waals surface area contributed by atoms with E-state index in [9.17, 15) is 17.2 Å². The van der Waals surface area contributed by atoms with Gasteiger partial charge < -0.3 is 4.98 Å². The summed E-state index contributed by atoms with van der Waals surface area (Å²) in [5.41, 5.74) is 3.35. The number of sulfonamides is 1. The molecule has 0 fully saturated rings. The SMILES string of the molecule is NS(=O)(=O)c1ccccc1-c1ccc2[nH]c(/C=C/c3ccc(C(F)F)cc3)nc2c1. The van der Waals surface area contributed by atoms with Crippen LogP contribution >= 0.6 is 0 Å². The Morgan fingerprint density at radius 1 is 0.967 bits per heavy atom. The number of H-pyrrole nitrogens is 1. The molecule has 152 valence electrons. The molecule has 0 aliphatic rings. The molecule has 0 unspecified atom stereocenters. The highest BCUT2D eigenvalue weighted by Crippen LogP contribution is 2.29. The fourth-order valence-electron chi connectivity index (χ4n) is 3.15. The zero-order valence-corrected chi connectivity index (χ0v) is 16.4. The van der Waals surface area contributed by atoms with E-state index in [-0.39, 0.29) is 10.5 Å².